The minimum absolute atomic E-state index is 0.281. The summed E-state index contributed by atoms with van der Waals surface area (Å²) in [5, 5.41) is 0. The van der Waals surface area contributed by atoms with Crippen LogP contribution in [0, 0.1) is 0 Å². The number of rotatable bonds is 2. The van der Waals surface area contributed by atoms with Crippen LogP contribution in [0.15, 0.2) is 42.6 Å². The van der Waals surface area contributed by atoms with Gasteiger partial charge in [0.2, 0.25) is 0 Å². The maximum absolute atomic E-state index is 5.72. The zero-order valence-electron chi connectivity index (χ0n) is 12.1. The minimum atomic E-state index is 0.281. The number of pyridine rings is 1. The average Bonchev–Trinajstić information content (AvgIpc) is 2.49. The highest BCUT2D eigenvalue weighted by molar-refractivity contribution is 5.67. The number of ether oxygens (including phenoxy) is 1. The van der Waals surface area contributed by atoms with Crippen molar-refractivity contribution >= 4 is 11.5 Å². The molecule has 2 aromatic rings. The van der Waals surface area contributed by atoms with Gasteiger partial charge in [0, 0.05) is 12.3 Å². The van der Waals surface area contributed by atoms with Crippen molar-refractivity contribution in [3.05, 3.63) is 42.6 Å². The fraction of sp³-hybridized carbons (Fsp3) is 0.267. The van der Waals surface area contributed by atoms with Gasteiger partial charge in [-0.15, -0.1) is 0 Å². The first-order valence-corrected chi connectivity index (χ1v) is 6.50. The van der Waals surface area contributed by atoms with Gasteiger partial charge in [-0.1, -0.05) is 45.9 Å². The lowest BCUT2D eigenvalue weighted by Crippen LogP contribution is -1.99. The SMILES string of the molecule is CC.CC.Nc1nccc(Oc2ccccc2)c1N. The van der Waals surface area contributed by atoms with Gasteiger partial charge >= 0.3 is 0 Å². The third-order valence-electron chi connectivity index (χ3n) is 1.95. The van der Waals surface area contributed by atoms with Crippen molar-refractivity contribution in [1.29, 1.82) is 0 Å². The van der Waals surface area contributed by atoms with E-state index in [-0.39, 0.29) is 5.82 Å². The first-order chi connectivity index (χ1) is 9.27. The maximum Gasteiger partial charge on any atom is 0.155 e. The smallest absolute Gasteiger partial charge is 0.155 e. The highest BCUT2D eigenvalue weighted by Gasteiger charge is 2.04. The molecule has 0 unspecified atom stereocenters. The second-order valence-corrected chi connectivity index (χ2v) is 3.02. The minimum Gasteiger partial charge on any atom is -0.455 e. The number of nitrogens with zero attached hydrogens (tertiary/aromatic N) is 1. The number of para-hydroxylation sites is 1. The predicted octanol–water partition coefficient (Wildman–Crippen LogP) is 4.09. The molecule has 0 saturated heterocycles. The van der Waals surface area contributed by atoms with Gasteiger partial charge in [-0.3, -0.25) is 0 Å². The van der Waals surface area contributed by atoms with Crippen LogP contribution in [-0.4, -0.2) is 4.98 Å². The summed E-state index contributed by atoms with van der Waals surface area (Å²) in [6, 6.07) is 11.0. The Labute approximate surface area is 115 Å². The summed E-state index contributed by atoms with van der Waals surface area (Å²) in [7, 11) is 0. The number of anilines is 2. The van der Waals surface area contributed by atoms with E-state index in [1.165, 1.54) is 0 Å². The maximum atomic E-state index is 5.72. The Morgan fingerprint density at radius 3 is 2.05 bits per heavy atom. The molecular formula is C15H23N3O. The summed E-state index contributed by atoms with van der Waals surface area (Å²) in [4.78, 5) is 3.85. The third kappa shape index (κ3) is 5.29. The molecule has 0 saturated carbocycles. The molecule has 19 heavy (non-hydrogen) atoms. The van der Waals surface area contributed by atoms with Crippen molar-refractivity contribution in [2.24, 2.45) is 0 Å². The van der Waals surface area contributed by atoms with Crippen molar-refractivity contribution in [2.45, 2.75) is 27.7 Å². The van der Waals surface area contributed by atoms with Gasteiger partial charge < -0.3 is 16.2 Å². The van der Waals surface area contributed by atoms with E-state index in [0.29, 0.717) is 11.4 Å². The van der Waals surface area contributed by atoms with Crippen LogP contribution in [0.2, 0.25) is 0 Å². The van der Waals surface area contributed by atoms with Crippen LogP contribution in [0.1, 0.15) is 27.7 Å². The molecule has 0 aliphatic heterocycles. The fourth-order valence-electron chi connectivity index (χ4n) is 1.18. The van der Waals surface area contributed by atoms with Crippen LogP contribution >= 0.6 is 0 Å². The van der Waals surface area contributed by atoms with Crippen LogP contribution < -0.4 is 16.2 Å². The highest BCUT2D eigenvalue weighted by atomic mass is 16.5. The molecular weight excluding hydrogens is 238 g/mol. The van der Waals surface area contributed by atoms with Gasteiger partial charge in [0.05, 0.1) is 0 Å². The van der Waals surface area contributed by atoms with Crippen LogP contribution in [0.5, 0.6) is 11.5 Å². The molecule has 104 valence electrons. The largest absolute Gasteiger partial charge is 0.455 e. The van der Waals surface area contributed by atoms with Crippen LogP contribution in [0.4, 0.5) is 11.5 Å². The Morgan fingerprint density at radius 2 is 1.47 bits per heavy atom. The summed E-state index contributed by atoms with van der Waals surface area (Å²) in [6.45, 7) is 8.00. The van der Waals surface area contributed by atoms with Crippen molar-refractivity contribution < 1.29 is 4.74 Å². The van der Waals surface area contributed by atoms with E-state index in [4.69, 9.17) is 16.2 Å². The van der Waals surface area contributed by atoms with Gasteiger partial charge in [0.25, 0.3) is 0 Å². The molecule has 0 bridgehead atoms. The lowest BCUT2D eigenvalue weighted by Gasteiger charge is -2.08. The number of aromatic nitrogens is 1. The van der Waals surface area contributed by atoms with Crippen molar-refractivity contribution in [3.8, 4) is 11.5 Å². The van der Waals surface area contributed by atoms with Gasteiger partial charge in [0.1, 0.15) is 17.3 Å². The molecule has 0 aliphatic rings. The Kier molecular flexibility index (Phi) is 8.62. The monoisotopic (exact) mass is 261 g/mol. The van der Waals surface area contributed by atoms with Gasteiger partial charge in [-0.2, -0.15) is 0 Å². The summed E-state index contributed by atoms with van der Waals surface area (Å²) >= 11 is 0. The molecule has 0 fully saturated rings. The molecule has 4 nitrogen and oxygen atoms in total. The number of benzene rings is 1. The molecule has 1 aromatic heterocycles. The quantitative estimate of drug-likeness (QED) is 0.853. The first-order valence-electron chi connectivity index (χ1n) is 6.50. The van der Waals surface area contributed by atoms with E-state index in [1.54, 1.807) is 12.3 Å². The van der Waals surface area contributed by atoms with E-state index in [0.717, 1.165) is 5.75 Å². The van der Waals surface area contributed by atoms with Crippen molar-refractivity contribution in [3.63, 3.8) is 0 Å². The average molecular weight is 261 g/mol. The molecule has 4 N–H and O–H groups in total. The van der Waals surface area contributed by atoms with E-state index in [2.05, 4.69) is 4.98 Å². The van der Waals surface area contributed by atoms with E-state index in [1.807, 2.05) is 58.0 Å². The molecule has 0 spiro atoms. The molecule has 2 rings (SSSR count). The van der Waals surface area contributed by atoms with E-state index >= 15 is 0 Å². The molecule has 0 atom stereocenters. The van der Waals surface area contributed by atoms with E-state index < -0.39 is 0 Å². The highest BCUT2D eigenvalue weighted by Crippen LogP contribution is 2.29. The summed E-state index contributed by atoms with van der Waals surface area (Å²) in [5.41, 5.74) is 11.6. The standard InChI is InChI=1S/C11H11N3O.2C2H6/c12-10-9(6-7-14-11(10)13)15-8-4-2-1-3-5-8;2*1-2/h1-7H,12H2,(H2,13,14);2*1-2H3. The van der Waals surface area contributed by atoms with Gasteiger partial charge in [-0.25, -0.2) is 4.98 Å². The lowest BCUT2D eigenvalue weighted by molar-refractivity contribution is 0.485. The first kappa shape index (κ1) is 16.8. The lowest BCUT2D eigenvalue weighted by atomic mass is 10.3. The number of hydrogen-bond donors (Lipinski definition) is 2. The number of nitrogens with two attached hydrogens (primary N) is 2. The van der Waals surface area contributed by atoms with Gasteiger partial charge in [-0.05, 0) is 12.1 Å². The van der Waals surface area contributed by atoms with Crippen LogP contribution in [-0.2, 0) is 0 Å². The van der Waals surface area contributed by atoms with E-state index in [9.17, 15) is 0 Å². The Balaban J connectivity index is 0.000000741. The topological polar surface area (TPSA) is 74.2 Å². The Hall–Kier alpha value is -2.23. The van der Waals surface area contributed by atoms with Crippen molar-refractivity contribution in [2.75, 3.05) is 11.5 Å². The zero-order chi connectivity index (χ0) is 14.7. The predicted molar refractivity (Wildman–Crippen MR) is 82.3 cm³/mol. The summed E-state index contributed by atoms with van der Waals surface area (Å²) < 4.78 is 5.54. The molecule has 4 heteroatoms. The molecule has 1 aromatic carbocycles. The third-order valence-corrected chi connectivity index (χ3v) is 1.95. The summed E-state index contributed by atoms with van der Waals surface area (Å²) in [6.07, 6.45) is 1.56. The molecule has 0 radical (unpaired) electrons. The van der Waals surface area contributed by atoms with Crippen molar-refractivity contribution in [1.82, 2.24) is 4.98 Å². The van der Waals surface area contributed by atoms with Crippen LogP contribution in [0.3, 0.4) is 0 Å². The molecule has 0 amide bonds. The number of nitrogen functional groups attached to an aromatic ring is 2. The fourth-order valence-corrected chi connectivity index (χ4v) is 1.18. The zero-order valence-corrected chi connectivity index (χ0v) is 12.1. The Morgan fingerprint density at radius 1 is 0.895 bits per heavy atom. The van der Waals surface area contributed by atoms with Gasteiger partial charge in [0.15, 0.2) is 5.75 Å². The second-order valence-electron chi connectivity index (χ2n) is 3.02. The normalized spacial score (nSPS) is 8.42. The van der Waals surface area contributed by atoms with Crippen LogP contribution in [0.25, 0.3) is 0 Å². The Bertz CT molecular complexity index is 458. The molecule has 1 heterocycles. The number of hydrogen-bond acceptors (Lipinski definition) is 4. The second kappa shape index (κ2) is 9.76. The molecule has 0 aliphatic carbocycles. The summed E-state index contributed by atoms with van der Waals surface area (Å²) in [5.74, 6) is 1.52.